The molecule has 6 atom stereocenters. The lowest BCUT2D eigenvalue weighted by Gasteiger charge is -2.49. The van der Waals surface area contributed by atoms with E-state index in [1.807, 2.05) is 120 Å². The van der Waals surface area contributed by atoms with Gasteiger partial charge in [-0.15, -0.1) is 5.10 Å². The fourth-order valence-electron chi connectivity index (χ4n) is 8.02. The molecule has 1 heterocycles. The van der Waals surface area contributed by atoms with E-state index in [1.165, 1.54) is 38.5 Å². The lowest BCUT2D eigenvalue weighted by atomic mass is 9.82. The predicted octanol–water partition coefficient (Wildman–Crippen LogP) is 7.81. The summed E-state index contributed by atoms with van der Waals surface area (Å²) in [4.78, 5) is 0. The second-order valence-corrected chi connectivity index (χ2v) is 15.1. The number of aryl methyl sites for hydroxylation is 1. The smallest absolute Gasteiger partial charge is 0.115 e. The van der Waals surface area contributed by atoms with Crippen LogP contribution >= 0.6 is 0 Å². The quantitative estimate of drug-likeness (QED) is 0.0884. The Morgan fingerprint density at radius 2 is 1.04 bits per heavy atom. The third-order valence-electron chi connectivity index (χ3n) is 11.0. The Balaban J connectivity index is 1.15. The van der Waals surface area contributed by atoms with Crippen molar-refractivity contribution in [2.24, 2.45) is 5.92 Å². The van der Waals surface area contributed by atoms with Gasteiger partial charge >= 0.3 is 0 Å². The average molecular weight is 745 g/mol. The summed E-state index contributed by atoms with van der Waals surface area (Å²) in [7, 11) is 0. The average Bonchev–Trinajstić information content (AvgIpc) is 3.70. The van der Waals surface area contributed by atoms with Crippen molar-refractivity contribution in [1.29, 1.82) is 0 Å². The van der Waals surface area contributed by atoms with Crippen LogP contribution < -0.4 is 5.32 Å². The van der Waals surface area contributed by atoms with Crippen molar-refractivity contribution in [3.8, 4) is 0 Å². The first-order valence-corrected chi connectivity index (χ1v) is 20.1. The molecule has 55 heavy (non-hydrogen) atoms. The molecule has 2 N–H and O–H groups in total. The summed E-state index contributed by atoms with van der Waals surface area (Å²) >= 11 is 0. The molecule has 0 saturated heterocycles. The minimum absolute atomic E-state index is 0.302. The number of aliphatic hydroxyl groups is 1. The molecule has 2 aliphatic rings. The van der Waals surface area contributed by atoms with Gasteiger partial charge in [-0.2, -0.15) is 0 Å². The number of hydrogen-bond donors (Lipinski definition) is 2. The zero-order chi connectivity index (χ0) is 37.5. The van der Waals surface area contributed by atoms with E-state index < -0.39 is 36.6 Å². The summed E-state index contributed by atoms with van der Waals surface area (Å²) in [6, 6.07) is 39.7. The second-order valence-electron chi connectivity index (χ2n) is 15.1. The van der Waals surface area contributed by atoms with E-state index in [0.29, 0.717) is 33.0 Å². The highest BCUT2D eigenvalue weighted by Gasteiger charge is 2.53. The number of nitrogens with zero attached hydrogens (tertiary/aromatic N) is 3. The van der Waals surface area contributed by atoms with Gasteiger partial charge in [0.15, 0.2) is 0 Å². The van der Waals surface area contributed by atoms with Crippen LogP contribution in [0.3, 0.4) is 0 Å². The Bertz CT molecular complexity index is 1790. The zero-order valence-corrected chi connectivity index (χ0v) is 31.8. The summed E-state index contributed by atoms with van der Waals surface area (Å²) in [5, 5.41) is 25.0. The SMILES string of the molecule is O[C@@H]1[C@@H](NCc2cn(CCCC3CCCCC3)nn2)[C@H](OCc2ccccc2)[C@@H](OCc2ccccc2)[C@H](OCc2ccccc2)[C@H]1OCc1ccccc1. The fraction of sp³-hybridized carbons (Fsp3) is 0.435. The van der Waals surface area contributed by atoms with Crippen LogP contribution in [0.1, 0.15) is 72.9 Å². The first-order valence-electron chi connectivity index (χ1n) is 20.1. The molecule has 2 fully saturated rings. The molecule has 2 saturated carbocycles. The van der Waals surface area contributed by atoms with E-state index in [2.05, 4.69) is 27.8 Å². The molecule has 1 aromatic heterocycles. The topological polar surface area (TPSA) is 99.9 Å². The van der Waals surface area contributed by atoms with Crippen LogP contribution in [0.2, 0.25) is 0 Å². The summed E-state index contributed by atoms with van der Waals surface area (Å²) < 4.78 is 29.1. The summed E-state index contributed by atoms with van der Waals surface area (Å²) in [6.45, 7) is 2.54. The number of aromatic nitrogens is 3. The molecule has 4 aromatic carbocycles. The molecular formula is C46H56N4O5. The molecule has 9 nitrogen and oxygen atoms in total. The van der Waals surface area contributed by atoms with Crippen molar-refractivity contribution in [1.82, 2.24) is 20.3 Å². The molecule has 0 bridgehead atoms. The van der Waals surface area contributed by atoms with Gasteiger partial charge in [0.1, 0.15) is 30.5 Å². The first kappa shape index (κ1) is 39.0. The van der Waals surface area contributed by atoms with Crippen LogP contribution in [-0.4, -0.2) is 56.7 Å². The Labute approximate surface area is 326 Å². The largest absolute Gasteiger partial charge is 0.389 e. The van der Waals surface area contributed by atoms with E-state index in [-0.39, 0.29) is 0 Å². The molecule has 0 spiro atoms. The van der Waals surface area contributed by atoms with E-state index in [1.54, 1.807) is 0 Å². The molecule has 0 unspecified atom stereocenters. The Morgan fingerprint density at radius 1 is 0.582 bits per heavy atom. The number of nitrogens with one attached hydrogen (secondary N) is 1. The molecular weight excluding hydrogens is 689 g/mol. The van der Waals surface area contributed by atoms with E-state index in [0.717, 1.165) is 46.8 Å². The minimum Gasteiger partial charge on any atom is -0.389 e. The fourth-order valence-corrected chi connectivity index (χ4v) is 8.02. The third kappa shape index (κ3) is 11.4. The molecule has 2 aliphatic carbocycles. The standard InChI is InChI=1S/C46H56N4O5/c51-42-41(47-29-40-30-50(49-48-40)28-16-27-35-17-6-1-7-18-35)43(52-31-36-19-8-2-9-20-36)45(54-33-38-23-12-4-13-24-38)46(55-34-39-25-14-5-15-26-39)44(42)53-32-37-21-10-3-11-22-37/h2-5,8-15,19-26,30,35,41-47,51H,1,6-7,16-18,27-29,31-34H2/t41-,42-,43+,44+,45-,46-/m1/s1. The molecule has 9 heteroatoms. The van der Waals surface area contributed by atoms with Crippen LogP contribution in [0.5, 0.6) is 0 Å². The maximum absolute atomic E-state index is 12.4. The van der Waals surface area contributed by atoms with Gasteiger partial charge in [-0.3, -0.25) is 4.68 Å². The second kappa shape index (κ2) is 20.6. The maximum Gasteiger partial charge on any atom is 0.115 e. The van der Waals surface area contributed by atoms with Gasteiger partial charge in [0, 0.05) is 19.3 Å². The lowest BCUT2D eigenvalue weighted by molar-refractivity contribution is -0.251. The van der Waals surface area contributed by atoms with Crippen LogP contribution in [0.25, 0.3) is 0 Å². The Morgan fingerprint density at radius 3 is 1.55 bits per heavy atom. The van der Waals surface area contributed by atoms with Crippen molar-refractivity contribution in [2.75, 3.05) is 0 Å². The van der Waals surface area contributed by atoms with Gasteiger partial charge in [0.2, 0.25) is 0 Å². The minimum atomic E-state index is -1.01. The molecule has 0 amide bonds. The van der Waals surface area contributed by atoms with Crippen LogP contribution in [0, 0.1) is 5.92 Å². The number of benzene rings is 4. The van der Waals surface area contributed by atoms with E-state index >= 15 is 0 Å². The van der Waals surface area contributed by atoms with Crippen molar-refractivity contribution < 1.29 is 24.1 Å². The normalized spacial score (nSPS) is 23.1. The first-order chi connectivity index (χ1) is 27.2. The monoisotopic (exact) mass is 744 g/mol. The van der Waals surface area contributed by atoms with Crippen molar-refractivity contribution in [3.63, 3.8) is 0 Å². The predicted molar refractivity (Wildman–Crippen MR) is 213 cm³/mol. The lowest BCUT2D eigenvalue weighted by Crippen LogP contribution is -2.69. The number of hydrogen-bond acceptors (Lipinski definition) is 8. The van der Waals surface area contributed by atoms with Gasteiger partial charge < -0.3 is 29.4 Å². The number of rotatable bonds is 19. The number of aliphatic hydroxyl groups excluding tert-OH is 1. The van der Waals surface area contributed by atoms with Gasteiger partial charge in [0.25, 0.3) is 0 Å². The highest BCUT2D eigenvalue weighted by atomic mass is 16.6. The zero-order valence-electron chi connectivity index (χ0n) is 31.8. The Hall–Kier alpha value is -4.22. The molecule has 0 aliphatic heterocycles. The van der Waals surface area contributed by atoms with Crippen molar-refractivity contribution in [3.05, 3.63) is 155 Å². The molecule has 7 rings (SSSR count). The van der Waals surface area contributed by atoms with Gasteiger partial charge in [-0.25, -0.2) is 0 Å². The Kier molecular flexibility index (Phi) is 14.6. The van der Waals surface area contributed by atoms with Gasteiger partial charge in [-0.05, 0) is 41.0 Å². The molecule has 290 valence electrons. The summed E-state index contributed by atoms with van der Waals surface area (Å²) in [5.74, 6) is 0.841. The highest BCUT2D eigenvalue weighted by Crippen LogP contribution is 2.33. The molecule has 5 aromatic rings. The number of ether oxygens (including phenoxy) is 4. The van der Waals surface area contributed by atoms with Crippen LogP contribution in [0.4, 0.5) is 0 Å². The highest BCUT2D eigenvalue weighted by molar-refractivity contribution is 5.18. The van der Waals surface area contributed by atoms with Crippen molar-refractivity contribution >= 4 is 0 Å². The van der Waals surface area contributed by atoms with Crippen LogP contribution in [-0.2, 0) is 58.5 Å². The van der Waals surface area contributed by atoms with Gasteiger partial charge in [-0.1, -0.05) is 159 Å². The summed E-state index contributed by atoms with van der Waals surface area (Å²) in [5.41, 5.74) is 4.88. The van der Waals surface area contributed by atoms with Crippen LogP contribution in [0.15, 0.2) is 128 Å². The van der Waals surface area contributed by atoms with Crippen molar-refractivity contribution in [2.45, 2.75) is 121 Å². The van der Waals surface area contributed by atoms with E-state index in [9.17, 15) is 5.11 Å². The maximum atomic E-state index is 12.4. The third-order valence-corrected chi connectivity index (χ3v) is 11.0. The molecule has 0 radical (unpaired) electrons. The summed E-state index contributed by atoms with van der Waals surface area (Å²) in [6.07, 6.45) is 7.55. The van der Waals surface area contributed by atoms with Gasteiger partial charge in [0.05, 0.1) is 38.2 Å². The van der Waals surface area contributed by atoms with E-state index in [4.69, 9.17) is 18.9 Å².